The van der Waals surface area contributed by atoms with E-state index in [-0.39, 0.29) is 24.2 Å². The molecule has 4 heteroatoms. The van der Waals surface area contributed by atoms with E-state index >= 15 is 0 Å². The molecule has 2 unspecified atom stereocenters. The van der Waals surface area contributed by atoms with Crippen LogP contribution in [0.4, 0.5) is 4.79 Å². The molecule has 1 saturated carbocycles. The average molecular weight is 199 g/mol. The Morgan fingerprint density at radius 1 is 1.36 bits per heavy atom. The predicted molar refractivity (Wildman–Crippen MR) is 57.0 cm³/mol. The normalized spacial score (nSPS) is 27.4. The van der Waals surface area contributed by atoms with Crippen LogP contribution in [0, 0.1) is 0 Å². The summed E-state index contributed by atoms with van der Waals surface area (Å²) in [5.41, 5.74) is 5.92. The zero-order valence-corrected chi connectivity index (χ0v) is 9.05. The van der Waals surface area contributed by atoms with Crippen molar-refractivity contribution in [3.8, 4) is 0 Å². The SMILES string of the molecule is CC(C)NC(=O)NC1CCCCC1N. The fourth-order valence-electron chi connectivity index (χ4n) is 1.81. The fourth-order valence-corrected chi connectivity index (χ4v) is 1.81. The van der Waals surface area contributed by atoms with Gasteiger partial charge in [0.05, 0.1) is 0 Å². The van der Waals surface area contributed by atoms with E-state index in [4.69, 9.17) is 5.73 Å². The van der Waals surface area contributed by atoms with E-state index in [9.17, 15) is 4.79 Å². The van der Waals surface area contributed by atoms with Gasteiger partial charge in [0.1, 0.15) is 0 Å². The van der Waals surface area contributed by atoms with E-state index in [1.54, 1.807) is 0 Å². The number of hydrogen-bond donors (Lipinski definition) is 3. The van der Waals surface area contributed by atoms with Crippen molar-refractivity contribution in [1.29, 1.82) is 0 Å². The number of nitrogens with two attached hydrogens (primary N) is 1. The molecule has 1 rings (SSSR count). The second-order valence-electron chi connectivity index (χ2n) is 4.33. The van der Waals surface area contributed by atoms with Gasteiger partial charge in [0.15, 0.2) is 0 Å². The van der Waals surface area contributed by atoms with Crippen LogP contribution in [0.25, 0.3) is 0 Å². The maximum Gasteiger partial charge on any atom is 0.315 e. The summed E-state index contributed by atoms with van der Waals surface area (Å²) in [4.78, 5) is 11.4. The molecule has 0 saturated heterocycles. The van der Waals surface area contributed by atoms with Gasteiger partial charge in [0.2, 0.25) is 0 Å². The van der Waals surface area contributed by atoms with Crippen LogP contribution in [-0.2, 0) is 0 Å². The molecule has 0 aromatic rings. The largest absolute Gasteiger partial charge is 0.336 e. The van der Waals surface area contributed by atoms with Crippen molar-refractivity contribution in [3.05, 3.63) is 0 Å². The Balaban J connectivity index is 2.31. The van der Waals surface area contributed by atoms with Crippen molar-refractivity contribution in [3.63, 3.8) is 0 Å². The Morgan fingerprint density at radius 2 is 2.00 bits per heavy atom. The molecule has 4 N–H and O–H groups in total. The molecule has 1 fully saturated rings. The van der Waals surface area contributed by atoms with Gasteiger partial charge in [-0.25, -0.2) is 4.79 Å². The van der Waals surface area contributed by atoms with Gasteiger partial charge < -0.3 is 16.4 Å². The number of urea groups is 1. The lowest BCUT2D eigenvalue weighted by Gasteiger charge is -2.29. The van der Waals surface area contributed by atoms with Crippen molar-refractivity contribution < 1.29 is 4.79 Å². The molecule has 0 radical (unpaired) electrons. The van der Waals surface area contributed by atoms with E-state index in [0.29, 0.717) is 0 Å². The van der Waals surface area contributed by atoms with Crippen LogP contribution in [0.3, 0.4) is 0 Å². The van der Waals surface area contributed by atoms with Gasteiger partial charge in [-0.2, -0.15) is 0 Å². The maximum absolute atomic E-state index is 11.4. The molecular weight excluding hydrogens is 178 g/mol. The lowest BCUT2D eigenvalue weighted by atomic mass is 9.91. The molecule has 4 nitrogen and oxygen atoms in total. The van der Waals surface area contributed by atoms with Gasteiger partial charge in [0, 0.05) is 18.1 Å². The summed E-state index contributed by atoms with van der Waals surface area (Å²) >= 11 is 0. The van der Waals surface area contributed by atoms with E-state index in [1.165, 1.54) is 12.8 Å². The van der Waals surface area contributed by atoms with E-state index in [0.717, 1.165) is 12.8 Å². The number of rotatable bonds is 2. The molecule has 14 heavy (non-hydrogen) atoms. The Labute approximate surface area is 85.6 Å². The molecule has 1 aliphatic rings. The smallest absolute Gasteiger partial charge is 0.315 e. The first-order valence-electron chi connectivity index (χ1n) is 5.42. The highest BCUT2D eigenvalue weighted by Gasteiger charge is 2.23. The second-order valence-corrected chi connectivity index (χ2v) is 4.33. The minimum absolute atomic E-state index is 0.0950. The quantitative estimate of drug-likeness (QED) is 0.620. The van der Waals surface area contributed by atoms with Crippen LogP contribution >= 0.6 is 0 Å². The van der Waals surface area contributed by atoms with Gasteiger partial charge in [0.25, 0.3) is 0 Å². The minimum atomic E-state index is -0.0950. The number of hydrogen-bond acceptors (Lipinski definition) is 2. The van der Waals surface area contributed by atoms with Gasteiger partial charge in [-0.1, -0.05) is 12.8 Å². The van der Waals surface area contributed by atoms with Gasteiger partial charge in [-0.3, -0.25) is 0 Å². The molecule has 2 amide bonds. The molecule has 0 aromatic carbocycles. The van der Waals surface area contributed by atoms with Crippen LogP contribution in [0.15, 0.2) is 0 Å². The Kier molecular flexibility index (Phi) is 4.20. The molecule has 0 bridgehead atoms. The summed E-state index contributed by atoms with van der Waals surface area (Å²) in [5.74, 6) is 0. The highest BCUT2D eigenvalue weighted by atomic mass is 16.2. The van der Waals surface area contributed by atoms with Gasteiger partial charge in [-0.05, 0) is 26.7 Å². The van der Waals surface area contributed by atoms with Gasteiger partial charge in [-0.15, -0.1) is 0 Å². The third-order valence-corrected chi connectivity index (χ3v) is 2.56. The van der Waals surface area contributed by atoms with Crippen LogP contribution < -0.4 is 16.4 Å². The molecule has 0 aromatic heterocycles. The number of amides is 2. The highest BCUT2D eigenvalue weighted by Crippen LogP contribution is 2.16. The summed E-state index contributed by atoms with van der Waals surface area (Å²) in [7, 11) is 0. The van der Waals surface area contributed by atoms with Crippen molar-refractivity contribution in [2.24, 2.45) is 5.73 Å². The molecule has 1 aliphatic carbocycles. The molecule has 0 aliphatic heterocycles. The first kappa shape index (κ1) is 11.3. The zero-order chi connectivity index (χ0) is 10.6. The first-order chi connectivity index (χ1) is 6.59. The lowest BCUT2D eigenvalue weighted by Crippen LogP contribution is -2.53. The van der Waals surface area contributed by atoms with Crippen LogP contribution in [0.2, 0.25) is 0 Å². The molecule has 82 valence electrons. The van der Waals surface area contributed by atoms with E-state index < -0.39 is 0 Å². The molecule has 0 spiro atoms. The summed E-state index contributed by atoms with van der Waals surface area (Å²) in [5, 5.41) is 5.73. The number of carbonyl (C=O) groups excluding carboxylic acids is 1. The predicted octanol–water partition coefficient (Wildman–Crippen LogP) is 0.964. The van der Waals surface area contributed by atoms with Gasteiger partial charge >= 0.3 is 6.03 Å². The highest BCUT2D eigenvalue weighted by molar-refractivity contribution is 5.74. The van der Waals surface area contributed by atoms with E-state index in [2.05, 4.69) is 10.6 Å². The molecule has 2 atom stereocenters. The van der Waals surface area contributed by atoms with Crippen molar-refractivity contribution in [2.45, 2.75) is 57.7 Å². The molecular formula is C10H21N3O. The number of nitrogens with one attached hydrogen (secondary N) is 2. The average Bonchev–Trinajstić information content (AvgIpc) is 2.07. The second kappa shape index (κ2) is 5.20. The zero-order valence-electron chi connectivity index (χ0n) is 9.05. The Bertz CT molecular complexity index is 194. The summed E-state index contributed by atoms with van der Waals surface area (Å²) in [6.45, 7) is 3.89. The third kappa shape index (κ3) is 3.54. The topological polar surface area (TPSA) is 67.2 Å². The molecule has 0 heterocycles. The Hall–Kier alpha value is -0.770. The minimum Gasteiger partial charge on any atom is -0.336 e. The van der Waals surface area contributed by atoms with Crippen molar-refractivity contribution >= 4 is 6.03 Å². The third-order valence-electron chi connectivity index (χ3n) is 2.56. The summed E-state index contributed by atoms with van der Waals surface area (Å²) in [6.07, 6.45) is 4.38. The van der Waals surface area contributed by atoms with Crippen molar-refractivity contribution in [2.75, 3.05) is 0 Å². The first-order valence-corrected chi connectivity index (χ1v) is 5.42. The summed E-state index contributed by atoms with van der Waals surface area (Å²) < 4.78 is 0. The van der Waals surface area contributed by atoms with Crippen LogP contribution in [0.5, 0.6) is 0 Å². The van der Waals surface area contributed by atoms with Crippen LogP contribution in [0.1, 0.15) is 39.5 Å². The van der Waals surface area contributed by atoms with Crippen molar-refractivity contribution in [1.82, 2.24) is 10.6 Å². The lowest BCUT2D eigenvalue weighted by molar-refractivity contribution is 0.227. The Morgan fingerprint density at radius 3 is 2.57 bits per heavy atom. The maximum atomic E-state index is 11.4. The summed E-state index contributed by atoms with van der Waals surface area (Å²) in [6, 6.07) is 0.362. The fraction of sp³-hybridized carbons (Fsp3) is 0.900. The van der Waals surface area contributed by atoms with Crippen LogP contribution in [-0.4, -0.2) is 24.2 Å². The monoisotopic (exact) mass is 199 g/mol. The number of carbonyl (C=O) groups is 1. The van der Waals surface area contributed by atoms with E-state index in [1.807, 2.05) is 13.8 Å². The standard InChI is InChI=1S/C10H21N3O/c1-7(2)12-10(14)13-9-6-4-3-5-8(9)11/h7-9H,3-6,11H2,1-2H3,(H2,12,13,14).